The lowest BCUT2D eigenvalue weighted by Gasteiger charge is -2.33. The lowest BCUT2D eigenvalue weighted by Crippen LogP contribution is -2.54. The number of nitrogens with zero attached hydrogens (tertiary/aromatic N) is 1. The Hall–Kier alpha value is -1.39. The topological polar surface area (TPSA) is 58.4 Å². The molecule has 0 aliphatic carbocycles. The van der Waals surface area contributed by atoms with Crippen LogP contribution in [0.2, 0.25) is 0 Å². The minimum atomic E-state index is -0.762. The van der Waals surface area contributed by atoms with Crippen LogP contribution >= 0.6 is 0 Å². The van der Waals surface area contributed by atoms with Crippen molar-refractivity contribution in [3.63, 3.8) is 0 Å². The van der Waals surface area contributed by atoms with Gasteiger partial charge in [-0.05, 0) is 37.4 Å². The zero-order valence-electron chi connectivity index (χ0n) is 13.1. The van der Waals surface area contributed by atoms with Gasteiger partial charge in [-0.25, -0.2) is 0 Å². The molecule has 0 aromatic heterocycles. The first-order valence-corrected chi connectivity index (χ1v) is 7.91. The zero-order valence-corrected chi connectivity index (χ0v) is 13.1. The molecule has 1 aliphatic heterocycles. The maximum Gasteiger partial charge on any atom is 0.242 e. The molecule has 2 unspecified atom stereocenters. The minimum Gasteiger partial charge on any atom is -0.368 e. The van der Waals surface area contributed by atoms with Gasteiger partial charge in [0.15, 0.2) is 0 Å². The minimum absolute atomic E-state index is 0.289. The first-order valence-electron chi connectivity index (χ1n) is 7.91. The van der Waals surface area contributed by atoms with Crippen molar-refractivity contribution < 1.29 is 4.79 Å². The van der Waals surface area contributed by atoms with Gasteiger partial charge in [0.05, 0.1) is 0 Å². The van der Waals surface area contributed by atoms with Crippen LogP contribution < -0.4 is 11.1 Å². The average molecular weight is 289 g/mol. The number of likely N-dealkylation sites (tertiary alicyclic amines) is 1. The fourth-order valence-electron chi connectivity index (χ4n) is 3.27. The van der Waals surface area contributed by atoms with Crippen molar-refractivity contribution in [1.82, 2.24) is 10.2 Å². The smallest absolute Gasteiger partial charge is 0.242 e. The van der Waals surface area contributed by atoms with Gasteiger partial charge in [0, 0.05) is 13.1 Å². The number of likely N-dealkylation sites (N-methyl/N-ethyl adjacent to an activating group) is 1. The molecule has 2 atom stereocenters. The Bertz CT molecular complexity index is 462. The molecule has 1 saturated heterocycles. The van der Waals surface area contributed by atoms with E-state index < -0.39 is 5.54 Å². The van der Waals surface area contributed by atoms with Gasteiger partial charge >= 0.3 is 0 Å². The third-order valence-electron chi connectivity index (χ3n) is 4.48. The maximum atomic E-state index is 12.2. The van der Waals surface area contributed by atoms with E-state index in [1.165, 1.54) is 6.42 Å². The summed E-state index contributed by atoms with van der Waals surface area (Å²) in [6.45, 7) is 8.15. The van der Waals surface area contributed by atoms with Gasteiger partial charge in [0.25, 0.3) is 0 Å². The van der Waals surface area contributed by atoms with E-state index in [0.717, 1.165) is 31.1 Å². The van der Waals surface area contributed by atoms with Crippen molar-refractivity contribution in [2.45, 2.75) is 32.2 Å². The fraction of sp³-hybridized carbons (Fsp3) is 0.588. The van der Waals surface area contributed by atoms with Gasteiger partial charge in [-0.3, -0.25) is 10.1 Å². The van der Waals surface area contributed by atoms with Gasteiger partial charge < -0.3 is 10.6 Å². The Morgan fingerprint density at radius 2 is 2.14 bits per heavy atom. The first-order chi connectivity index (χ1) is 10.1. The molecule has 1 fully saturated rings. The predicted molar refractivity (Wildman–Crippen MR) is 85.8 cm³/mol. The number of carbonyl (C=O) groups is 1. The highest BCUT2D eigenvalue weighted by Gasteiger charge is 2.38. The molecule has 1 aromatic carbocycles. The summed E-state index contributed by atoms with van der Waals surface area (Å²) in [6.07, 6.45) is 1.96. The summed E-state index contributed by atoms with van der Waals surface area (Å²) in [5.74, 6) is 0.464. The summed E-state index contributed by atoms with van der Waals surface area (Å²) >= 11 is 0. The van der Waals surface area contributed by atoms with Gasteiger partial charge in [0.1, 0.15) is 5.54 Å². The second-order valence-electron chi connectivity index (χ2n) is 6.11. The second-order valence-corrected chi connectivity index (χ2v) is 6.11. The highest BCUT2D eigenvalue weighted by Crippen LogP contribution is 2.26. The zero-order chi connectivity index (χ0) is 15.3. The molecule has 0 bridgehead atoms. The van der Waals surface area contributed by atoms with Crippen molar-refractivity contribution in [3.8, 4) is 0 Å². The van der Waals surface area contributed by atoms with Crippen LogP contribution in [0.3, 0.4) is 0 Å². The summed E-state index contributed by atoms with van der Waals surface area (Å²) in [5.41, 5.74) is 5.98. The van der Waals surface area contributed by atoms with Crippen molar-refractivity contribution in [2.75, 3.05) is 26.2 Å². The molecule has 0 radical (unpaired) electrons. The number of primary amides is 1. The molecule has 0 spiro atoms. The largest absolute Gasteiger partial charge is 0.368 e. The van der Waals surface area contributed by atoms with Crippen molar-refractivity contribution in [1.29, 1.82) is 0 Å². The van der Waals surface area contributed by atoms with Crippen molar-refractivity contribution in [3.05, 3.63) is 35.9 Å². The number of nitrogens with one attached hydrogen (secondary N) is 1. The van der Waals surface area contributed by atoms with Crippen LogP contribution in [-0.2, 0) is 10.3 Å². The Labute approximate surface area is 127 Å². The summed E-state index contributed by atoms with van der Waals surface area (Å²) in [7, 11) is 0. The summed E-state index contributed by atoms with van der Waals surface area (Å²) < 4.78 is 0. The third kappa shape index (κ3) is 3.63. The van der Waals surface area contributed by atoms with Gasteiger partial charge in [0.2, 0.25) is 5.91 Å². The van der Waals surface area contributed by atoms with Crippen LogP contribution in [0.1, 0.15) is 32.3 Å². The summed E-state index contributed by atoms with van der Waals surface area (Å²) in [5, 5.41) is 3.35. The normalized spacial score (nSPS) is 22.1. The molecular weight excluding hydrogens is 262 g/mol. The number of carbonyl (C=O) groups excluding carboxylic acids is 1. The number of hydrogen-bond donors (Lipinski definition) is 2. The highest BCUT2D eigenvalue weighted by molar-refractivity contribution is 5.86. The summed E-state index contributed by atoms with van der Waals surface area (Å²) in [6, 6.07) is 9.86. The quantitative estimate of drug-likeness (QED) is 0.803. The Balaban J connectivity index is 2.17. The van der Waals surface area contributed by atoms with Crippen LogP contribution in [0.4, 0.5) is 0 Å². The van der Waals surface area contributed by atoms with E-state index in [1.807, 2.05) is 37.3 Å². The summed E-state index contributed by atoms with van der Waals surface area (Å²) in [4.78, 5) is 14.7. The standard InChI is InChI=1S/C17H27N3O/c1-3-19-17(16(18)21,15-7-5-4-6-8-15)10-12-20-11-9-14(2)13-20/h4-8,14,19H,3,9-13H2,1-2H3,(H2,18,21). The average Bonchev–Trinajstić information content (AvgIpc) is 2.90. The molecule has 116 valence electrons. The lowest BCUT2D eigenvalue weighted by molar-refractivity contribution is -0.125. The van der Waals surface area contributed by atoms with Gasteiger partial charge in [-0.2, -0.15) is 0 Å². The fourth-order valence-corrected chi connectivity index (χ4v) is 3.27. The molecule has 3 N–H and O–H groups in total. The van der Waals surface area contributed by atoms with E-state index in [2.05, 4.69) is 17.1 Å². The molecule has 4 heteroatoms. The van der Waals surface area contributed by atoms with E-state index in [9.17, 15) is 4.79 Å². The van der Waals surface area contributed by atoms with E-state index in [4.69, 9.17) is 5.73 Å². The van der Waals surface area contributed by atoms with E-state index >= 15 is 0 Å². The molecule has 1 aliphatic rings. The van der Waals surface area contributed by atoms with E-state index in [1.54, 1.807) is 0 Å². The number of benzene rings is 1. The van der Waals surface area contributed by atoms with Crippen LogP contribution in [-0.4, -0.2) is 37.0 Å². The molecule has 1 aromatic rings. The monoisotopic (exact) mass is 289 g/mol. The molecule has 21 heavy (non-hydrogen) atoms. The number of hydrogen-bond acceptors (Lipinski definition) is 3. The first kappa shape index (κ1) is 16.0. The van der Waals surface area contributed by atoms with Crippen LogP contribution in [0.15, 0.2) is 30.3 Å². The highest BCUT2D eigenvalue weighted by atomic mass is 16.1. The molecule has 4 nitrogen and oxygen atoms in total. The SMILES string of the molecule is CCNC(CCN1CCC(C)C1)(C(N)=O)c1ccccc1. The molecule has 1 heterocycles. The maximum absolute atomic E-state index is 12.2. The van der Waals surface area contributed by atoms with Crippen molar-refractivity contribution in [2.24, 2.45) is 11.7 Å². The lowest BCUT2D eigenvalue weighted by atomic mass is 9.85. The van der Waals surface area contributed by atoms with Crippen LogP contribution in [0, 0.1) is 5.92 Å². The second kappa shape index (κ2) is 7.05. The predicted octanol–water partition coefficient (Wildman–Crippen LogP) is 1.71. The van der Waals surface area contributed by atoms with E-state index in [0.29, 0.717) is 13.0 Å². The van der Waals surface area contributed by atoms with Crippen LogP contribution in [0.25, 0.3) is 0 Å². The number of amides is 1. The third-order valence-corrected chi connectivity index (χ3v) is 4.48. The van der Waals surface area contributed by atoms with Crippen LogP contribution in [0.5, 0.6) is 0 Å². The molecule has 1 amide bonds. The molecule has 2 rings (SSSR count). The Kier molecular flexibility index (Phi) is 5.37. The molecular formula is C17H27N3O. The van der Waals surface area contributed by atoms with E-state index in [-0.39, 0.29) is 5.91 Å². The van der Waals surface area contributed by atoms with Crippen molar-refractivity contribution >= 4 is 5.91 Å². The molecule has 0 saturated carbocycles. The Morgan fingerprint density at radius 1 is 1.43 bits per heavy atom. The van der Waals surface area contributed by atoms with Gasteiger partial charge in [-0.15, -0.1) is 0 Å². The number of nitrogens with two attached hydrogens (primary N) is 1. The Morgan fingerprint density at radius 3 is 2.67 bits per heavy atom. The van der Waals surface area contributed by atoms with Gasteiger partial charge in [-0.1, -0.05) is 44.2 Å². The number of rotatable bonds is 7.